The molecule has 0 aromatic heterocycles. The molecule has 134 valence electrons. The second kappa shape index (κ2) is 7.51. The summed E-state index contributed by atoms with van der Waals surface area (Å²) in [6.07, 6.45) is 1.37. The van der Waals surface area contributed by atoms with Crippen molar-refractivity contribution in [1.82, 2.24) is 10.0 Å². The molecule has 2 rings (SSSR count). The van der Waals surface area contributed by atoms with Gasteiger partial charge in [-0.25, -0.2) is 17.5 Å². The van der Waals surface area contributed by atoms with Crippen LogP contribution in [-0.4, -0.2) is 46.7 Å². The molecule has 1 aliphatic rings. The second-order valence-corrected chi connectivity index (χ2v) is 7.56. The smallest absolute Gasteiger partial charge is 0.292 e. The first-order valence-corrected chi connectivity index (χ1v) is 8.92. The molecule has 1 aromatic carbocycles. The molecule has 10 heteroatoms. The first kappa shape index (κ1) is 18.7. The van der Waals surface area contributed by atoms with Gasteiger partial charge < -0.3 is 10.1 Å². The van der Waals surface area contributed by atoms with Gasteiger partial charge in [-0.3, -0.25) is 10.1 Å². The Morgan fingerprint density at radius 1 is 1.42 bits per heavy atom. The minimum absolute atomic E-state index is 0.0241. The van der Waals surface area contributed by atoms with Crippen molar-refractivity contribution in [3.63, 3.8) is 0 Å². The molecule has 24 heavy (non-hydrogen) atoms. The van der Waals surface area contributed by atoms with Gasteiger partial charge in [0.05, 0.1) is 11.5 Å². The van der Waals surface area contributed by atoms with Crippen LogP contribution in [0.1, 0.15) is 12.8 Å². The van der Waals surface area contributed by atoms with Gasteiger partial charge in [-0.2, -0.15) is 0 Å². The van der Waals surface area contributed by atoms with Crippen molar-refractivity contribution in [2.45, 2.75) is 17.7 Å². The standard InChI is InChI=1S/C14H20FN3O5S/c1-23-10-14(5-7-16-8-6-14)9-17-24(21,22)13-11(15)3-2-4-12(13)18(19)20/h2-4,16-17H,5-10H2,1H3. The Morgan fingerprint density at radius 3 is 2.67 bits per heavy atom. The third kappa shape index (κ3) is 4.07. The summed E-state index contributed by atoms with van der Waals surface area (Å²) in [5, 5.41) is 14.2. The number of nitro benzene ring substituents is 1. The average Bonchev–Trinajstić information content (AvgIpc) is 2.54. The Balaban J connectivity index is 2.27. The zero-order valence-corrected chi connectivity index (χ0v) is 14.1. The van der Waals surface area contributed by atoms with Crippen molar-refractivity contribution >= 4 is 15.7 Å². The van der Waals surface area contributed by atoms with Crippen LogP contribution in [0, 0.1) is 21.3 Å². The van der Waals surface area contributed by atoms with Crippen molar-refractivity contribution in [3.05, 3.63) is 34.1 Å². The van der Waals surface area contributed by atoms with E-state index in [0.29, 0.717) is 32.5 Å². The number of halogens is 1. The van der Waals surface area contributed by atoms with Crippen LogP contribution < -0.4 is 10.0 Å². The third-order valence-corrected chi connectivity index (χ3v) is 5.63. The lowest BCUT2D eigenvalue weighted by Crippen LogP contribution is -2.47. The topological polar surface area (TPSA) is 111 Å². The van der Waals surface area contributed by atoms with E-state index >= 15 is 0 Å². The lowest BCUT2D eigenvalue weighted by Gasteiger charge is -2.37. The van der Waals surface area contributed by atoms with Crippen molar-refractivity contribution in [3.8, 4) is 0 Å². The van der Waals surface area contributed by atoms with E-state index in [1.165, 1.54) is 7.11 Å². The number of rotatable bonds is 7. The predicted octanol–water partition coefficient (Wildman–Crippen LogP) is 1.03. The van der Waals surface area contributed by atoms with Crippen LogP contribution in [-0.2, 0) is 14.8 Å². The average molecular weight is 361 g/mol. The molecule has 1 aliphatic heterocycles. The Kier molecular flexibility index (Phi) is 5.86. The molecule has 1 fully saturated rings. The number of benzene rings is 1. The molecular formula is C14H20FN3O5S. The molecule has 0 atom stereocenters. The molecule has 1 heterocycles. The number of hydrogen-bond acceptors (Lipinski definition) is 6. The van der Waals surface area contributed by atoms with Gasteiger partial charge in [0.25, 0.3) is 5.69 Å². The second-order valence-electron chi connectivity index (χ2n) is 5.85. The van der Waals surface area contributed by atoms with Crippen LogP contribution in [0.2, 0.25) is 0 Å². The number of piperidine rings is 1. The zero-order chi connectivity index (χ0) is 17.8. The number of nitrogens with zero attached hydrogens (tertiary/aromatic N) is 1. The van der Waals surface area contributed by atoms with E-state index in [0.717, 1.165) is 18.2 Å². The van der Waals surface area contributed by atoms with Crippen LogP contribution in [0.5, 0.6) is 0 Å². The van der Waals surface area contributed by atoms with Crippen LogP contribution >= 0.6 is 0 Å². The molecule has 0 bridgehead atoms. The first-order chi connectivity index (χ1) is 11.3. The van der Waals surface area contributed by atoms with Gasteiger partial charge in [0.15, 0.2) is 4.90 Å². The summed E-state index contributed by atoms with van der Waals surface area (Å²) < 4.78 is 46.4. The van der Waals surface area contributed by atoms with Crippen LogP contribution in [0.3, 0.4) is 0 Å². The molecule has 2 N–H and O–H groups in total. The maximum atomic E-state index is 14.0. The molecule has 8 nitrogen and oxygen atoms in total. The van der Waals surface area contributed by atoms with Gasteiger partial charge in [0, 0.05) is 25.1 Å². The van der Waals surface area contributed by atoms with Gasteiger partial charge in [0.2, 0.25) is 10.0 Å². The number of sulfonamides is 1. The van der Waals surface area contributed by atoms with Crippen molar-refractivity contribution in [2.24, 2.45) is 5.41 Å². The van der Waals surface area contributed by atoms with Crippen molar-refractivity contribution < 1.29 is 22.5 Å². The fourth-order valence-corrected chi connectivity index (χ4v) is 4.25. The lowest BCUT2D eigenvalue weighted by atomic mass is 9.80. The Morgan fingerprint density at radius 2 is 2.08 bits per heavy atom. The molecule has 1 aromatic rings. The molecule has 0 spiro atoms. The Hall–Kier alpha value is -1.62. The summed E-state index contributed by atoms with van der Waals surface area (Å²) in [4.78, 5) is 9.17. The van der Waals surface area contributed by atoms with E-state index in [1.54, 1.807) is 0 Å². The third-order valence-electron chi connectivity index (χ3n) is 4.16. The SMILES string of the molecule is COCC1(CNS(=O)(=O)c2c(F)cccc2[N+](=O)[O-])CCNCC1. The first-order valence-electron chi connectivity index (χ1n) is 7.44. The summed E-state index contributed by atoms with van der Waals surface area (Å²) in [7, 11) is -2.84. The molecule has 0 amide bonds. The normalized spacial score (nSPS) is 17.6. The number of ether oxygens (including phenoxy) is 1. The van der Waals surface area contributed by atoms with Crippen molar-refractivity contribution in [2.75, 3.05) is 33.4 Å². The molecular weight excluding hydrogens is 341 g/mol. The highest BCUT2D eigenvalue weighted by molar-refractivity contribution is 7.89. The van der Waals surface area contributed by atoms with E-state index in [9.17, 15) is 22.9 Å². The quantitative estimate of drug-likeness (QED) is 0.554. The molecule has 1 saturated heterocycles. The number of hydrogen-bond donors (Lipinski definition) is 2. The fourth-order valence-electron chi connectivity index (χ4n) is 2.86. The van der Waals surface area contributed by atoms with E-state index in [4.69, 9.17) is 4.74 Å². The number of methoxy groups -OCH3 is 1. The van der Waals surface area contributed by atoms with E-state index in [-0.39, 0.29) is 6.54 Å². The lowest BCUT2D eigenvalue weighted by molar-refractivity contribution is -0.388. The highest BCUT2D eigenvalue weighted by Crippen LogP contribution is 2.30. The Labute approximate surface area is 139 Å². The van der Waals surface area contributed by atoms with E-state index < -0.39 is 36.8 Å². The highest BCUT2D eigenvalue weighted by atomic mass is 32.2. The summed E-state index contributed by atoms with van der Waals surface area (Å²) in [5.74, 6) is -1.15. The van der Waals surface area contributed by atoms with E-state index in [2.05, 4.69) is 10.0 Å². The number of nitrogens with one attached hydrogen (secondary N) is 2. The van der Waals surface area contributed by atoms with E-state index in [1.807, 2.05) is 0 Å². The molecule has 0 aliphatic carbocycles. The van der Waals surface area contributed by atoms with Gasteiger partial charge in [-0.1, -0.05) is 6.07 Å². The fraction of sp³-hybridized carbons (Fsp3) is 0.571. The van der Waals surface area contributed by atoms with Gasteiger partial charge in [-0.05, 0) is 32.0 Å². The monoisotopic (exact) mass is 361 g/mol. The van der Waals surface area contributed by atoms with Crippen LogP contribution in [0.15, 0.2) is 23.1 Å². The summed E-state index contributed by atoms with van der Waals surface area (Å²) in [6, 6.07) is 2.95. The number of nitro groups is 1. The predicted molar refractivity (Wildman–Crippen MR) is 84.7 cm³/mol. The summed E-state index contributed by atoms with van der Waals surface area (Å²) in [6.45, 7) is 1.79. The maximum Gasteiger partial charge on any atom is 0.292 e. The minimum Gasteiger partial charge on any atom is -0.384 e. The van der Waals surface area contributed by atoms with Crippen LogP contribution in [0.4, 0.5) is 10.1 Å². The molecule has 0 radical (unpaired) electrons. The summed E-state index contributed by atoms with van der Waals surface area (Å²) >= 11 is 0. The van der Waals surface area contributed by atoms with Gasteiger partial charge in [-0.15, -0.1) is 0 Å². The largest absolute Gasteiger partial charge is 0.384 e. The molecule has 0 unspecified atom stereocenters. The van der Waals surface area contributed by atoms with Gasteiger partial charge in [0.1, 0.15) is 5.82 Å². The Bertz CT molecular complexity index is 699. The summed E-state index contributed by atoms with van der Waals surface area (Å²) in [5.41, 5.74) is -1.21. The van der Waals surface area contributed by atoms with Gasteiger partial charge >= 0.3 is 0 Å². The molecule has 0 saturated carbocycles. The van der Waals surface area contributed by atoms with Crippen molar-refractivity contribution in [1.29, 1.82) is 0 Å². The highest BCUT2D eigenvalue weighted by Gasteiger charge is 2.36. The maximum absolute atomic E-state index is 14.0. The zero-order valence-electron chi connectivity index (χ0n) is 13.2. The minimum atomic E-state index is -4.37. The van der Waals surface area contributed by atoms with Crippen LogP contribution in [0.25, 0.3) is 0 Å².